The summed E-state index contributed by atoms with van der Waals surface area (Å²) in [6.45, 7) is 11.0. The monoisotopic (exact) mass is 318 g/mol. The zero-order valence-electron chi connectivity index (χ0n) is 13.8. The Morgan fingerprint density at radius 1 is 1.38 bits per heavy atom. The van der Waals surface area contributed by atoms with Crippen molar-refractivity contribution in [3.8, 4) is 0 Å². The van der Waals surface area contributed by atoms with Crippen LogP contribution in [0, 0.1) is 0 Å². The van der Waals surface area contributed by atoms with Crippen molar-refractivity contribution in [3.63, 3.8) is 0 Å². The summed E-state index contributed by atoms with van der Waals surface area (Å²) in [5, 5.41) is 3.34. The molecule has 1 aliphatic heterocycles. The van der Waals surface area contributed by atoms with Crippen LogP contribution in [0.5, 0.6) is 0 Å². The first-order valence-corrected chi connectivity index (χ1v) is 9.38. The lowest BCUT2D eigenvalue weighted by Gasteiger charge is -2.32. The Morgan fingerprint density at radius 3 is 2.52 bits per heavy atom. The molecule has 1 rings (SSSR count). The van der Waals surface area contributed by atoms with Gasteiger partial charge in [0.2, 0.25) is 0 Å². The van der Waals surface area contributed by atoms with Crippen LogP contribution in [0.2, 0.25) is 0 Å². The van der Waals surface area contributed by atoms with Gasteiger partial charge in [0, 0.05) is 41.4 Å². The minimum absolute atomic E-state index is 0.168. The predicted octanol–water partition coefficient (Wildman–Crippen LogP) is 1.15. The lowest BCUT2D eigenvalue weighted by molar-refractivity contribution is -0.151. The van der Waals surface area contributed by atoms with Gasteiger partial charge in [-0.2, -0.15) is 0 Å². The van der Waals surface area contributed by atoms with Gasteiger partial charge in [-0.3, -0.25) is 14.3 Å². The first-order valence-electron chi connectivity index (χ1n) is 7.89. The van der Waals surface area contributed by atoms with Crippen LogP contribution in [0.1, 0.15) is 40.5 Å². The Labute approximate surface area is 131 Å². The van der Waals surface area contributed by atoms with Crippen molar-refractivity contribution < 1.29 is 13.7 Å². The van der Waals surface area contributed by atoms with Crippen molar-refractivity contribution in [1.29, 1.82) is 0 Å². The second kappa shape index (κ2) is 8.86. The normalized spacial score (nSPS) is 20.4. The largest absolute Gasteiger partial charge is 0.465 e. The van der Waals surface area contributed by atoms with Crippen LogP contribution in [0.4, 0.5) is 0 Å². The van der Waals surface area contributed by atoms with Gasteiger partial charge < -0.3 is 9.64 Å². The molecule has 0 aliphatic carbocycles. The summed E-state index contributed by atoms with van der Waals surface area (Å²) < 4.78 is 16.5. The van der Waals surface area contributed by atoms with Crippen molar-refractivity contribution in [3.05, 3.63) is 0 Å². The minimum atomic E-state index is -0.629. The summed E-state index contributed by atoms with van der Waals surface area (Å²) in [4.78, 5) is 14.5. The molecule has 1 aliphatic rings. The summed E-state index contributed by atoms with van der Waals surface area (Å²) in [5.41, 5.74) is -0.622. The van der Waals surface area contributed by atoms with Crippen molar-refractivity contribution >= 4 is 16.8 Å². The number of nitrogens with zero attached hydrogens (tertiary/aromatic N) is 1. The van der Waals surface area contributed by atoms with Crippen LogP contribution in [-0.2, 0) is 20.3 Å². The second-order valence-electron chi connectivity index (χ2n) is 6.14. The van der Waals surface area contributed by atoms with E-state index in [0.717, 1.165) is 44.0 Å². The second-order valence-corrected chi connectivity index (χ2v) is 7.84. The Hall–Kier alpha value is -0.460. The van der Waals surface area contributed by atoms with Gasteiger partial charge in [-0.1, -0.05) is 0 Å². The highest BCUT2D eigenvalue weighted by Crippen LogP contribution is 2.17. The quantitative estimate of drug-likeness (QED) is 0.680. The fraction of sp³-hybridized carbons (Fsp3) is 0.933. The Balaban J connectivity index is 2.45. The summed E-state index contributed by atoms with van der Waals surface area (Å²) in [7, 11) is -0.629. The third kappa shape index (κ3) is 6.45. The van der Waals surface area contributed by atoms with Crippen LogP contribution in [0.15, 0.2) is 0 Å². The molecule has 6 heteroatoms. The van der Waals surface area contributed by atoms with Crippen LogP contribution in [0.25, 0.3) is 0 Å². The fourth-order valence-electron chi connectivity index (χ4n) is 2.72. The molecule has 0 bridgehead atoms. The molecule has 1 atom stereocenters. The van der Waals surface area contributed by atoms with E-state index in [1.807, 2.05) is 27.7 Å². The molecule has 1 unspecified atom stereocenters. The van der Waals surface area contributed by atoms with Crippen molar-refractivity contribution in [2.75, 3.05) is 37.7 Å². The summed E-state index contributed by atoms with van der Waals surface area (Å²) in [6, 6.07) is 0.233. The topological polar surface area (TPSA) is 58.6 Å². The molecule has 0 spiro atoms. The van der Waals surface area contributed by atoms with Gasteiger partial charge in [-0.25, -0.2) is 0 Å². The average Bonchev–Trinajstić information content (AvgIpc) is 2.40. The molecule has 0 saturated carbocycles. The third-order valence-corrected chi connectivity index (χ3v) is 5.03. The van der Waals surface area contributed by atoms with Gasteiger partial charge in [0.25, 0.3) is 0 Å². The molecule has 1 fully saturated rings. The standard InChI is InChI=1S/C15H30N2O3S/c1-5-20-14(18)15(4,16-13(2)3)7-6-8-17-9-11-21(19)12-10-17/h13,16H,5-12H2,1-4H3. The minimum Gasteiger partial charge on any atom is -0.465 e. The van der Waals surface area contributed by atoms with Crippen molar-refractivity contribution in [2.24, 2.45) is 0 Å². The molecule has 0 aromatic rings. The Bertz CT molecular complexity index is 353. The number of hydrogen-bond acceptors (Lipinski definition) is 5. The predicted molar refractivity (Wildman–Crippen MR) is 86.9 cm³/mol. The smallest absolute Gasteiger partial charge is 0.326 e. The van der Waals surface area contributed by atoms with Crippen molar-refractivity contribution in [2.45, 2.75) is 52.1 Å². The molecule has 0 radical (unpaired) electrons. The lowest BCUT2D eigenvalue weighted by Crippen LogP contribution is -2.53. The highest BCUT2D eigenvalue weighted by Gasteiger charge is 2.34. The molecule has 1 saturated heterocycles. The number of ether oxygens (including phenoxy) is 1. The van der Waals surface area contributed by atoms with E-state index in [1.165, 1.54) is 0 Å². The van der Waals surface area contributed by atoms with Gasteiger partial charge in [-0.05, 0) is 47.1 Å². The fourth-order valence-corrected chi connectivity index (χ4v) is 3.84. The third-order valence-electron chi connectivity index (χ3n) is 3.75. The summed E-state index contributed by atoms with van der Waals surface area (Å²) in [6.07, 6.45) is 1.69. The molecular formula is C15H30N2O3S. The van der Waals surface area contributed by atoms with Gasteiger partial charge in [-0.15, -0.1) is 0 Å². The molecular weight excluding hydrogens is 288 g/mol. The highest BCUT2D eigenvalue weighted by atomic mass is 32.2. The van der Waals surface area contributed by atoms with Crippen LogP contribution in [-0.4, -0.2) is 64.4 Å². The summed E-state index contributed by atoms with van der Waals surface area (Å²) >= 11 is 0. The van der Waals surface area contributed by atoms with Gasteiger partial charge in [0.15, 0.2) is 0 Å². The summed E-state index contributed by atoms with van der Waals surface area (Å²) in [5.74, 6) is 1.39. The average molecular weight is 318 g/mol. The lowest BCUT2D eigenvalue weighted by atomic mass is 9.94. The van der Waals surface area contributed by atoms with E-state index >= 15 is 0 Å². The van der Waals surface area contributed by atoms with Gasteiger partial charge in [0.1, 0.15) is 5.54 Å². The maximum atomic E-state index is 12.2. The Kier molecular flexibility index (Phi) is 7.84. The van der Waals surface area contributed by atoms with E-state index in [0.29, 0.717) is 6.61 Å². The van der Waals surface area contributed by atoms with E-state index in [2.05, 4.69) is 10.2 Å². The van der Waals surface area contributed by atoms with Crippen molar-refractivity contribution in [1.82, 2.24) is 10.2 Å². The number of carbonyl (C=O) groups excluding carboxylic acids is 1. The molecule has 0 aromatic carbocycles. The van der Waals surface area contributed by atoms with E-state index in [4.69, 9.17) is 4.74 Å². The van der Waals surface area contributed by atoms with E-state index in [-0.39, 0.29) is 12.0 Å². The molecule has 21 heavy (non-hydrogen) atoms. The molecule has 5 nitrogen and oxygen atoms in total. The maximum Gasteiger partial charge on any atom is 0.326 e. The van der Waals surface area contributed by atoms with E-state index < -0.39 is 16.3 Å². The SMILES string of the molecule is CCOC(=O)C(C)(CCCN1CCS(=O)CC1)NC(C)C. The number of esters is 1. The van der Waals surface area contributed by atoms with Crippen LogP contribution >= 0.6 is 0 Å². The molecule has 124 valence electrons. The highest BCUT2D eigenvalue weighted by molar-refractivity contribution is 7.85. The van der Waals surface area contributed by atoms with Gasteiger partial charge in [0.05, 0.1) is 6.61 Å². The first-order chi connectivity index (χ1) is 9.87. The number of hydrogen-bond donors (Lipinski definition) is 1. The van der Waals surface area contributed by atoms with Crippen LogP contribution < -0.4 is 5.32 Å². The Morgan fingerprint density at radius 2 is 2.00 bits per heavy atom. The molecule has 0 amide bonds. The molecule has 1 N–H and O–H groups in total. The van der Waals surface area contributed by atoms with E-state index in [9.17, 15) is 9.00 Å². The van der Waals surface area contributed by atoms with Gasteiger partial charge >= 0.3 is 5.97 Å². The first kappa shape index (κ1) is 18.6. The number of rotatable bonds is 8. The molecule has 1 heterocycles. The number of nitrogens with one attached hydrogen (secondary N) is 1. The maximum absolute atomic E-state index is 12.2. The van der Waals surface area contributed by atoms with Crippen LogP contribution in [0.3, 0.4) is 0 Å². The van der Waals surface area contributed by atoms with E-state index in [1.54, 1.807) is 0 Å². The number of carbonyl (C=O) groups is 1. The zero-order valence-corrected chi connectivity index (χ0v) is 14.6. The zero-order chi connectivity index (χ0) is 15.9. The molecule has 0 aromatic heterocycles.